The molecule has 2 nitrogen and oxygen atoms in total. The highest BCUT2D eigenvalue weighted by Crippen LogP contribution is 2.23. The van der Waals surface area contributed by atoms with Gasteiger partial charge in [-0.3, -0.25) is 0 Å². The second-order valence-corrected chi connectivity index (χ2v) is 6.07. The van der Waals surface area contributed by atoms with E-state index in [0.29, 0.717) is 12.0 Å². The van der Waals surface area contributed by atoms with Gasteiger partial charge in [0.15, 0.2) is 0 Å². The standard InChI is InChI=1S/C16H26BrNO/c1-4-19-11-5-6-15(12-18-13(2)3)14-7-9-16(17)10-8-14/h7-10,13,15,18H,4-6,11-12H2,1-3H3. The normalized spacial score (nSPS) is 12.9. The Morgan fingerprint density at radius 1 is 1.21 bits per heavy atom. The third-order valence-corrected chi connectivity index (χ3v) is 3.69. The Balaban J connectivity index is 2.54. The van der Waals surface area contributed by atoms with Gasteiger partial charge < -0.3 is 10.1 Å². The molecule has 0 aliphatic heterocycles. The van der Waals surface area contributed by atoms with Crippen molar-refractivity contribution < 1.29 is 4.74 Å². The second-order valence-electron chi connectivity index (χ2n) is 5.15. The summed E-state index contributed by atoms with van der Waals surface area (Å²) in [6.45, 7) is 9.15. The molecule has 0 aromatic heterocycles. The van der Waals surface area contributed by atoms with Gasteiger partial charge in [-0.1, -0.05) is 41.9 Å². The van der Waals surface area contributed by atoms with Crippen LogP contribution in [0.4, 0.5) is 0 Å². The summed E-state index contributed by atoms with van der Waals surface area (Å²) < 4.78 is 6.58. The van der Waals surface area contributed by atoms with Gasteiger partial charge >= 0.3 is 0 Å². The zero-order valence-corrected chi connectivity index (χ0v) is 13.9. The Bertz CT molecular complexity index is 337. The number of halogens is 1. The van der Waals surface area contributed by atoms with Crippen molar-refractivity contribution in [3.05, 3.63) is 34.3 Å². The third kappa shape index (κ3) is 7.09. The molecule has 1 aromatic rings. The molecule has 0 saturated heterocycles. The van der Waals surface area contributed by atoms with E-state index in [9.17, 15) is 0 Å². The highest BCUT2D eigenvalue weighted by Gasteiger charge is 2.11. The van der Waals surface area contributed by atoms with Gasteiger partial charge in [0, 0.05) is 30.3 Å². The fraction of sp³-hybridized carbons (Fsp3) is 0.625. The predicted molar refractivity (Wildman–Crippen MR) is 85.7 cm³/mol. The molecule has 1 rings (SSSR count). The van der Waals surface area contributed by atoms with Crippen molar-refractivity contribution in [3.8, 4) is 0 Å². The second kappa shape index (κ2) is 9.51. The van der Waals surface area contributed by atoms with Crippen LogP contribution in [0.3, 0.4) is 0 Å². The minimum atomic E-state index is 0.532. The summed E-state index contributed by atoms with van der Waals surface area (Å²) in [5, 5.41) is 3.55. The first-order valence-corrected chi connectivity index (χ1v) is 7.99. The van der Waals surface area contributed by atoms with Gasteiger partial charge in [0.2, 0.25) is 0 Å². The van der Waals surface area contributed by atoms with E-state index in [1.165, 1.54) is 12.0 Å². The topological polar surface area (TPSA) is 21.3 Å². The van der Waals surface area contributed by atoms with E-state index in [-0.39, 0.29) is 0 Å². The largest absolute Gasteiger partial charge is 0.382 e. The van der Waals surface area contributed by atoms with E-state index in [4.69, 9.17) is 4.74 Å². The molecule has 0 fully saturated rings. The van der Waals surface area contributed by atoms with Crippen molar-refractivity contribution in [1.29, 1.82) is 0 Å². The van der Waals surface area contributed by atoms with Crippen LogP contribution >= 0.6 is 15.9 Å². The molecule has 0 aliphatic rings. The van der Waals surface area contributed by atoms with Crippen LogP contribution in [0.25, 0.3) is 0 Å². The first kappa shape index (κ1) is 16.7. The first-order valence-electron chi connectivity index (χ1n) is 7.20. The van der Waals surface area contributed by atoms with Gasteiger partial charge in [-0.15, -0.1) is 0 Å². The summed E-state index contributed by atoms with van der Waals surface area (Å²) >= 11 is 3.49. The van der Waals surface area contributed by atoms with Gasteiger partial charge in [-0.05, 0) is 43.4 Å². The SMILES string of the molecule is CCOCCCC(CNC(C)C)c1ccc(Br)cc1. The first-order chi connectivity index (χ1) is 9.13. The minimum Gasteiger partial charge on any atom is -0.382 e. The summed E-state index contributed by atoms with van der Waals surface area (Å²) in [4.78, 5) is 0. The summed E-state index contributed by atoms with van der Waals surface area (Å²) in [5.41, 5.74) is 1.41. The molecule has 1 unspecified atom stereocenters. The van der Waals surface area contributed by atoms with E-state index in [0.717, 1.165) is 30.7 Å². The fourth-order valence-corrected chi connectivity index (χ4v) is 2.34. The lowest BCUT2D eigenvalue weighted by Crippen LogP contribution is -2.28. The number of benzene rings is 1. The maximum atomic E-state index is 5.44. The van der Waals surface area contributed by atoms with Gasteiger partial charge in [0.25, 0.3) is 0 Å². The van der Waals surface area contributed by atoms with Crippen LogP contribution in [0.5, 0.6) is 0 Å². The Labute approximate surface area is 126 Å². The lowest BCUT2D eigenvalue weighted by molar-refractivity contribution is 0.141. The molecule has 1 aromatic carbocycles. The van der Waals surface area contributed by atoms with Crippen molar-refractivity contribution >= 4 is 15.9 Å². The molecule has 1 N–H and O–H groups in total. The van der Waals surface area contributed by atoms with E-state index in [1.807, 2.05) is 6.92 Å². The molecule has 0 heterocycles. The average Bonchev–Trinajstić information content (AvgIpc) is 2.39. The lowest BCUT2D eigenvalue weighted by Gasteiger charge is -2.20. The van der Waals surface area contributed by atoms with Crippen LogP contribution in [-0.2, 0) is 4.74 Å². The van der Waals surface area contributed by atoms with Crippen molar-refractivity contribution in [2.75, 3.05) is 19.8 Å². The predicted octanol–water partition coefficient (Wildman–Crippen LogP) is 4.35. The quantitative estimate of drug-likeness (QED) is 0.681. The average molecular weight is 328 g/mol. The summed E-state index contributed by atoms with van der Waals surface area (Å²) in [7, 11) is 0. The molecule has 108 valence electrons. The monoisotopic (exact) mass is 327 g/mol. The summed E-state index contributed by atoms with van der Waals surface area (Å²) in [6.07, 6.45) is 2.29. The number of ether oxygens (including phenoxy) is 1. The number of hydrogen-bond donors (Lipinski definition) is 1. The van der Waals surface area contributed by atoms with Crippen molar-refractivity contribution in [3.63, 3.8) is 0 Å². The summed E-state index contributed by atoms with van der Waals surface area (Å²) in [5.74, 6) is 0.566. The molecule has 0 aliphatic carbocycles. The fourth-order valence-electron chi connectivity index (χ4n) is 2.08. The van der Waals surface area contributed by atoms with E-state index < -0.39 is 0 Å². The van der Waals surface area contributed by atoms with Crippen molar-refractivity contribution in [2.45, 2.75) is 45.6 Å². The molecule has 19 heavy (non-hydrogen) atoms. The van der Waals surface area contributed by atoms with Crippen LogP contribution in [0, 0.1) is 0 Å². The van der Waals surface area contributed by atoms with Gasteiger partial charge in [0.1, 0.15) is 0 Å². The lowest BCUT2D eigenvalue weighted by atomic mass is 9.94. The Kier molecular flexibility index (Phi) is 8.35. The Morgan fingerprint density at radius 3 is 2.47 bits per heavy atom. The van der Waals surface area contributed by atoms with Gasteiger partial charge in [-0.25, -0.2) is 0 Å². The molecule has 0 bridgehead atoms. The zero-order chi connectivity index (χ0) is 14.1. The van der Waals surface area contributed by atoms with E-state index >= 15 is 0 Å². The maximum Gasteiger partial charge on any atom is 0.0466 e. The molecular weight excluding hydrogens is 302 g/mol. The van der Waals surface area contributed by atoms with E-state index in [2.05, 4.69) is 59.4 Å². The van der Waals surface area contributed by atoms with E-state index in [1.54, 1.807) is 0 Å². The van der Waals surface area contributed by atoms with Gasteiger partial charge in [-0.2, -0.15) is 0 Å². The van der Waals surface area contributed by atoms with Crippen LogP contribution in [-0.4, -0.2) is 25.8 Å². The van der Waals surface area contributed by atoms with Crippen LogP contribution < -0.4 is 5.32 Å². The van der Waals surface area contributed by atoms with Crippen molar-refractivity contribution in [2.24, 2.45) is 0 Å². The third-order valence-electron chi connectivity index (χ3n) is 3.16. The van der Waals surface area contributed by atoms with Gasteiger partial charge in [0.05, 0.1) is 0 Å². The molecule has 3 heteroatoms. The Morgan fingerprint density at radius 2 is 1.89 bits per heavy atom. The van der Waals surface area contributed by atoms with Crippen molar-refractivity contribution in [1.82, 2.24) is 5.32 Å². The number of hydrogen-bond acceptors (Lipinski definition) is 2. The van der Waals surface area contributed by atoms with Crippen LogP contribution in [0.1, 0.15) is 45.1 Å². The van der Waals surface area contributed by atoms with Crippen LogP contribution in [0.2, 0.25) is 0 Å². The molecule has 1 atom stereocenters. The highest BCUT2D eigenvalue weighted by atomic mass is 79.9. The number of nitrogens with one attached hydrogen (secondary N) is 1. The minimum absolute atomic E-state index is 0.532. The highest BCUT2D eigenvalue weighted by molar-refractivity contribution is 9.10. The Hall–Kier alpha value is -0.380. The molecule has 0 amide bonds. The molecule has 0 spiro atoms. The smallest absolute Gasteiger partial charge is 0.0466 e. The number of rotatable bonds is 9. The maximum absolute atomic E-state index is 5.44. The molecular formula is C16H26BrNO. The van der Waals surface area contributed by atoms with Crippen LogP contribution in [0.15, 0.2) is 28.7 Å². The summed E-state index contributed by atoms with van der Waals surface area (Å²) in [6, 6.07) is 9.22. The molecule has 0 radical (unpaired) electrons. The molecule has 0 saturated carbocycles. The zero-order valence-electron chi connectivity index (χ0n) is 12.3.